The van der Waals surface area contributed by atoms with Crippen LogP contribution >= 0.6 is 15.9 Å². The fourth-order valence-electron chi connectivity index (χ4n) is 2.57. The zero-order chi connectivity index (χ0) is 12.3. The summed E-state index contributed by atoms with van der Waals surface area (Å²) in [7, 11) is 0. The highest BCUT2D eigenvalue weighted by molar-refractivity contribution is 9.09. The van der Waals surface area contributed by atoms with Crippen molar-refractivity contribution in [3.8, 4) is 0 Å². The Morgan fingerprint density at radius 2 is 2.06 bits per heavy atom. The van der Waals surface area contributed by atoms with Gasteiger partial charge in [0, 0.05) is 5.33 Å². The molecule has 1 aromatic carbocycles. The van der Waals surface area contributed by atoms with Crippen LogP contribution in [0.1, 0.15) is 44.6 Å². The highest BCUT2D eigenvalue weighted by Crippen LogP contribution is 2.35. The minimum absolute atomic E-state index is 0.0816. The number of halogens is 1. The van der Waals surface area contributed by atoms with Crippen molar-refractivity contribution in [3.63, 3.8) is 0 Å². The van der Waals surface area contributed by atoms with E-state index >= 15 is 0 Å². The van der Waals surface area contributed by atoms with Gasteiger partial charge in [0.15, 0.2) is 0 Å². The normalized spacial score (nSPS) is 24.8. The average Bonchev–Trinajstić information content (AvgIpc) is 2.67. The molecule has 0 aliphatic carbocycles. The molecule has 94 valence electrons. The van der Waals surface area contributed by atoms with Crippen molar-refractivity contribution in [2.75, 3.05) is 5.33 Å². The van der Waals surface area contributed by atoms with Crippen molar-refractivity contribution < 1.29 is 4.74 Å². The first-order valence-electron chi connectivity index (χ1n) is 6.39. The molecule has 0 radical (unpaired) electrons. The SMILES string of the molecule is CC1(C)CCC(CC(CBr)c2ccccc2)O1. The topological polar surface area (TPSA) is 9.23 Å². The molecule has 1 nitrogen and oxygen atoms in total. The highest BCUT2D eigenvalue weighted by atomic mass is 79.9. The Labute approximate surface area is 113 Å². The summed E-state index contributed by atoms with van der Waals surface area (Å²) in [5, 5.41) is 1.01. The summed E-state index contributed by atoms with van der Waals surface area (Å²) in [5.41, 5.74) is 1.50. The van der Waals surface area contributed by atoms with Crippen molar-refractivity contribution in [3.05, 3.63) is 35.9 Å². The molecule has 0 saturated carbocycles. The molecule has 17 heavy (non-hydrogen) atoms. The summed E-state index contributed by atoms with van der Waals surface area (Å²) in [5.74, 6) is 0.565. The predicted molar refractivity (Wildman–Crippen MR) is 75.8 cm³/mol. The van der Waals surface area contributed by atoms with E-state index < -0.39 is 0 Å². The molecule has 0 spiro atoms. The second kappa shape index (κ2) is 5.53. The van der Waals surface area contributed by atoms with Gasteiger partial charge in [0.25, 0.3) is 0 Å². The summed E-state index contributed by atoms with van der Waals surface area (Å²) in [6.45, 7) is 4.39. The number of hydrogen-bond acceptors (Lipinski definition) is 1. The first-order chi connectivity index (χ1) is 8.11. The van der Waals surface area contributed by atoms with E-state index in [0.29, 0.717) is 12.0 Å². The lowest BCUT2D eigenvalue weighted by atomic mass is 9.94. The van der Waals surface area contributed by atoms with Gasteiger partial charge < -0.3 is 4.74 Å². The second-order valence-corrected chi connectivity index (χ2v) is 6.18. The number of alkyl halides is 1. The molecule has 1 aromatic rings. The quantitative estimate of drug-likeness (QED) is 0.743. The van der Waals surface area contributed by atoms with Gasteiger partial charge in [-0.2, -0.15) is 0 Å². The zero-order valence-electron chi connectivity index (χ0n) is 10.7. The van der Waals surface area contributed by atoms with Gasteiger partial charge in [0.1, 0.15) is 0 Å². The van der Waals surface area contributed by atoms with Crippen molar-refractivity contribution >= 4 is 15.9 Å². The van der Waals surface area contributed by atoms with Crippen molar-refractivity contribution in [1.29, 1.82) is 0 Å². The van der Waals surface area contributed by atoms with Gasteiger partial charge in [-0.25, -0.2) is 0 Å². The Morgan fingerprint density at radius 1 is 1.35 bits per heavy atom. The van der Waals surface area contributed by atoms with Gasteiger partial charge in [-0.1, -0.05) is 46.3 Å². The number of rotatable bonds is 4. The third-order valence-electron chi connectivity index (χ3n) is 3.56. The van der Waals surface area contributed by atoms with Crippen LogP contribution in [-0.4, -0.2) is 17.0 Å². The van der Waals surface area contributed by atoms with E-state index in [1.54, 1.807) is 0 Å². The fourth-order valence-corrected chi connectivity index (χ4v) is 3.21. The minimum atomic E-state index is 0.0816. The van der Waals surface area contributed by atoms with Crippen molar-refractivity contribution in [2.24, 2.45) is 0 Å². The van der Waals surface area contributed by atoms with E-state index in [4.69, 9.17) is 4.74 Å². The van der Waals surface area contributed by atoms with Gasteiger partial charge in [0.05, 0.1) is 11.7 Å². The van der Waals surface area contributed by atoms with Gasteiger partial charge in [-0.15, -0.1) is 0 Å². The highest BCUT2D eigenvalue weighted by Gasteiger charge is 2.32. The Kier molecular flexibility index (Phi) is 4.26. The molecule has 0 amide bonds. The van der Waals surface area contributed by atoms with Crippen LogP contribution in [0.5, 0.6) is 0 Å². The smallest absolute Gasteiger partial charge is 0.0631 e. The van der Waals surface area contributed by atoms with Crippen LogP contribution in [0.25, 0.3) is 0 Å². The molecule has 1 aliphatic heterocycles. The summed E-state index contributed by atoms with van der Waals surface area (Å²) in [6, 6.07) is 10.7. The van der Waals surface area contributed by atoms with E-state index in [1.165, 1.54) is 18.4 Å². The standard InChI is InChI=1S/C15H21BrO/c1-15(2)9-8-14(17-15)10-13(11-16)12-6-4-3-5-7-12/h3-7,13-14H,8-11H2,1-2H3. The lowest BCUT2D eigenvalue weighted by Crippen LogP contribution is -2.21. The molecule has 0 N–H and O–H groups in total. The first kappa shape index (κ1) is 13.1. The third kappa shape index (κ3) is 3.56. The maximum Gasteiger partial charge on any atom is 0.0631 e. The molecule has 1 aliphatic rings. The van der Waals surface area contributed by atoms with Gasteiger partial charge >= 0.3 is 0 Å². The Balaban J connectivity index is 1.97. The lowest BCUT2D eigenvalue weighted by Gasteiger charge is -2.22. The predicted octanol–water partition coefficient (Wildman–Crippen LogP) is 4.51. The molecular formula is C15H21BrO. The molecule has 1 saturated heterocycles. The Morgan fingerprint density at radius 3 is 2.59 bits per heavy atom. The first-order valence-corrected chi connectivity index (χ1v) is 7.51. The maximum absolute atomic E-state index is 6.08. The van der Waals surface area contributed by atoms with Crippen LogP contribution in [0.4, 0.5) is 0 Å². The lowest BCUT2D eigenvalue weighted by molar-refractivity contribution is -0.0201. The zero-order valence-corrected chi connectivity index (χ0v) is 12.2. The summed E-state index contributed by atoms with van der Waals surface area (Å²) >= 11 is 3.63. The number of ether oxygens (including phenoxy) is 1. The van der Waals surface area contributed by atoms with Crippen LogP contribution in [0.15, 0.2) is 30.3 Å². The number of hydrogen-bond donors (Lipinski definition) is 0. The molecule has 2 unspecified atom stereocenters. The van der Waals surface area contributed by atoms with Gasteiger partial charge in [0.2, 0.25) is 0 Å². The molecule has 2 heteroatoms. The second-order valence-electron chi connectivity index (χ2n) is 5.54. The van der Waals surface area contributed by atoms with Gasteiger partial charge in [-0.05, 0) is 44.6 Å². The van der Waals surface area contributed by atoms with E-state index in [1.807, 2.05) is 0 Å². The van der Waals surface area contributed by atoms with Crippen LogP contribution in [0.3, 0.4) is 0 Å². The van der Waals surface area contributed by atoms with E-state index in [0.717, 1.165) is 11.8 Å². The molecule has 2 atom stereocenters. The average molecular weight is 297 g/mol. The largest absolute Gasteiger partial charge is 0.372 e. The minimum Gasteiger partial charge on any atom is -0.372 e. The van der Waals surface area contributed by atoms with Crippen molar-refractivity contribution in [1.82, 2.24) is 0 Å². The summed E-state index contributed by atoms with van der Waals surface area (Å²) in [4.78, 5) is 0. The molecule has 0 bridgehead atoms. The summed E-state index contributed by atoms with van der Waals surface area (Å²) in [6.07, 6.45) is 3.93. The number of benzene rings is 1. The molecule has 2 rings (SSSR count). The van der Waals surface area contributed by atoms with Crippen LogP contribution in [-0.2, 0) is 4.74 Å². The van der Waals surface area contributed by atoms with E-state index in [2.05, 4.69) is 60.1 Å². The molecule has 0 aromatic heterocycles. The van der Waals surface area contributed by atoms with Crippen molar-refractivity contribution in [2.45, 2.75) is 50.7 Å². The van der Waals surface area contributed by atoms with E-state index in [9.17, 15) is 0 Å². The monoisotopic (exact) mass is 296 g/mol. The molecule has 1 fully saturated rings. The van der Waals surface area contributed by atoms with Crippen LogP contribution in [0.2, 0.25) is 0 Å². The Bertz CT molecular complexity index is 347. The molecule has 1 heterocycles. The van der Waals surface area contributed by atoms with Crippen LogP contribution in [0, 0.1) is 0 Å². The third-order valence-corrected chi connectivity index (χ3v) is 4.34. The van der Waals surface area contributed by atoms with E-state index in [-0.39, 0.29) is 5.60 Å². The summed E-state index contributed by atoms with van der Waals surface area (Å²) < 4.78 is 6.08. The molecular weight excluding hydrogens is 276 g/mol. The Hall–Kier alpha value is -0.340. The van der Waals surface area contributed by atoms with Crippen LogP contribution < -0.4 is 0 Å². The fraction of sp³-hybridized carbons (Fsp3) is 0.600. The van der Waals surface area contributed by atoms with Gasteiger partial charge in [-0.3, -0.25) is 0 Å². The maximum atomic E-state index is 6.08.